The highest BCUT2D eigenvalue weighted by Gasteiger charge is 2.36. The number of nitrogens with one attached hydrogen (secondary N) is 1. The molecule has 1 saturated heterocycles. The molecule has 154 valence electrons. The van der Waals surface area contributed by atoms with E-state index in [-0.39, 0.29) is 18.2 Å². The SMILES string of the molecule is COc1ccc(N2C[C@@H](C(=O)Nc3nc4c(s3)C[C@H](C)CC4)CC2=O)cc1OC. The van der Waals surface area contributed by atoms with E-state index in [0.29, 0.717) is 34.8 Å². The summed E-state index contributed by atoms with van der Waals surface area (Å²) in [4.78, 5) is 32.8. The number of methoxy groups -OCH3 is 2. The van der Waals surface area contributed by atoms with Gasteiger partial charge in [0.2, 0.25) is 11.8 Å². The van der Waals surface area contributed by atoms with Crippen molar-refractivity contribution in [2.75, 3.05) is 31.0 Å². The molecule has 1 aliphatic carbocycles. The number of amides is 2. The van der Waals surface area contributed by atoms with E-state index in [2.05, 4.69) is 17.2 Å². The number of nitrogens with zero attached hydrogens (tertiary/aromatic N) is 2. The van der Waals surface area contributed by atoms with Gasteiger partial charge in [-0.05, 0) is 37.3 Å². The fourth-order valence-corrected chi connectivity index (χ4v) is 5.10. The highest BCUT2D eigenvalue weighted by atomic mass is 32.1. The Morgan fingerprint density at radius 3 is 2.79 bits per heavy atom. The highest BCUT2D eigenvalue weighted by Crippen LogP contribution is 2.35. The van der Waals surface area contributed by atoms with E-state index in [1.165, 1.54) is 4.88 Å². The largest absolute Gasteiger partial charge is 0.493 e. The summed E-state index contributed by atoms with van der Waals surface area (Å²) in [5.41, 5.74) is 1.81. The molecule has 1 aromatic carbocycles. The van der Waals surface area contributed by atoms with Crippen LogP contribution in [-0.4, -0.2) is 37.6 Å². The van der Waals surface area contributed by atoms with E-state index in [1.807, 2.05) is 0 Å². The van der Waals surface area contributed by atoms with Crippen molar-refractivity contribution in [2.24, 2.45) is 11.8 Å². The number of ether oxygens (including phenoxy) is 2. The van der Waals surface area contributed by atoms with E-state index >= 15 is 0 Å². The van der Waals surface area contributed by atoms with Crippen molar-refractivity contribution in [1.82, 2.24) is 4.98 Å². The Balaban J connectivity index is 1.44. The molecule has 2 amide bonds. The summed E-state index contributed by atoms with van der Waals surface area (Å²) in [5.74, 6) is 1.17. The standard InChI is InChI=1S/C21H25N3O4S/c1-12-4-6-15-18(8-12)29-21(22-15)23-20(26)13-9-19(25)24(11-13)14-5-7-16(27-2)17(10-14)28-3/h5,7,10,12-13H,4,6,8-9,11H2,1-3H3,(H,22,23,26)/t12-,13+/m1/s1. The number of aromatic nitrogens is 1. The molecule has 0 bridgehead atoms. The molecule has 0 spiro atoms. The second-order valence-electron chi connectivity index (χ2n) is 7.67. The minimum absolute atomic E-state index is 0.0790. The monoisotopic (exact) mass is 415 g/mol. The molecule has 2 aliphatic rings. The quantitative estimate of drug-likeness (QED) is 0.811. The number of carbonyl (C=O) groups is 2. The fourth-order valence-electron chi connectivity index (χ4n) is 3.93. The fraction of sp³-hybridized carbons (Fsp3) is 0.476. The zero-order valence-corrected chi connectivity index (χ0v) is 17.7. The van der Waals surface area contributed by atoms with Crippen LogP contribution in [0.15, 0.2) is 18.2 Å². The number of rotatable bonds is 5. The minimum atomic E-state index is -0.407. The Morgan fingerprint density at radius 1 is 1.24 bits per heavy atom. The molecule has 8 heteroatoms. The lowest BCUT2D eigenvalue weighted by atomic mass is 9.93. The predicted octanol–water partition coefficient (Wildman–Crippen LogP) is 3.28. The van der Waals surface area contributed by atoms with Gasteiger partial charge < -0.3 is 19.7 Å². The average molecular weight is 416 g/mol. The number of thiazole rings is 1. The maximum atomic E-state index is 12.8. The van der Waals surface area contributed by atoms with E-state index in [1.54, 1.807) is 48.7 Å². The average Bonchev–Trinajstić information content (AvgIpc) is 3.29. The van der Waals surface area contributed by atoms with Gasteiger partial charge in [0.25, 0.3) is 0 Å². The second kappa shape index (κ2) is 8.02. The molecule has 7 nitrogen and oxygen atoms in total. The Bertz CT molecular complexity index is 942. The van der Waals surface area contributed by atoms with Gasteiger partial charge in [-0.3, -0.25) is 9.59 Å². The van der Waals surface area contributed by atoms with Crippen LogP contribution in [0.3, 0.4) is 0 Å². The van der Waals surface area contributed by atoms with Crippen molar-refractivity contribution in [2.45, 2.75) is 32.6 Å². The molecule has 0 saturated carbocycles. The van der Waals surface area contributed by atoms with Crippen molar-refractivity contribution in [1.29, 1.82) is 0 Å². The first kappa shape index (κ1) is 19.7. The topological polar surface area (TPSA) is 80.8 Å². The number of fused-ring (bicyclic) bond motifs is 1. The summed E-state index contributed by atoms with van der Waals surface area (Å²) in [6.07, 6.45) is 3.32. The third kappa shape index (κ3) is 3.94. The van der Waals surface area contributed by atoms with Gasteiger partial charge in [0, 0.05) is 29.6 Å². The van der Waals surface area contributed by atoms with E-state index < -0.39 is 5.92 Å². The molecule has 0 unspecified atom stereocenters. The van der Waals surface area contributed by atoms with Crippen LogP contribution in [0.25, 0.3) is 0 Å². The number of benzene rings is 1. The van der Waals surface area contributed by atoms with Gasteiger partial charge in [0.15, 0.2) is 16.6 Å². The highest BCUT2D eigenvalue weighted by molar-refractivity contribution is 7.15. The summed E-state index contributed by atoms with van der Waals surface area (Å²) >= 11 is 1.56. The number of anilines is 2. The molecule has 0 radical (unpaired) electrons. The molecular weight excluding hydrogens is 390 g/mol. The molecule has 1 fully saturated rings. The lowest BCUT2D eigenvalue weighted by Gasteiger charge is -2.18. The molecule has 1 aliphatic heterocycles. The van der Waals surface area contributed by atoms with E-state index in [4.69, 9.17) is 9.47 Å². The van der Waals surface area contributed by atoms with Crippen LogP contribution in [0.4, 0.5) is 10.8 Å². The van der Waals surface area contributed by atoms with Gasteiger partial charge in [0.1, 0.15) is 0 Å². The van der Waals surface area contributed by atoms with Crippen molar-refractivity contribution < 1.29 is 19.1 Å². The third-order valence-corrected chi connectivity index (χ3v) is 6.63. The smallest absolute Gasteiger partial charge is 0.231 e. The molecule has 1 aromatic heterocycles. The lowest BCUT2D eigenvalue weighted by Crippen LogP contribution is -2.28. The Kier molecular flexibility index (Phi) is 5.45. The van der Waals surface area contributed by atoms with Crippen LogP contribution in [0.1, 0.15) is 30.3 Å². The molecule has 2 heterocycles. The number of carbonyl (C=O) groups excluding carboxylic acids is 2. The van der Waals surface area contributed by atoms with Crippen LogP contribution in [0.5, 0.6) is 11.5 Å². The summed E-state index contributed by atoms with van der Waals surface area (Å²) < 4.78 is 10.6. The lowest BCUT2D eigenvalue weighted by molar-refractivity contribution is -0.122. The van der Waals surface area contributed by atoms with Gasteiger partial charge >= 0.3 is 0 Å². The van der Waals surface area contributed by atoms with Crippen molar-refractivity contribution in [3.05, 3.63) is 28.8 Å². The third-order valence-electron chi connectivity index (χ3n) is 5.59. The maximum Gasteiger partial charge on any atom is 0.231 e. The molecule has 2 aromatic rings. The molecule has 29 heavy (non-hydrogen) atoms. The molecule has 2 atom stereocenters. The first-order chi connectivity index (χ1) is 14.0. The van der Waals surface area contributed by atoms with Crippen LogP contribution >= 0.6 is 11.3 Å². The van der Waals surface area contributed by atoms with Gasteiger partial charge in [-0.2, -0.15) is 0 Å². The van der Waals surface area contributed by atoms with Crippen molar-refractivity contribution in [3.8, 4) is 11.5 Å². The first-order valence-corrected chi connectivity index (χ1v) is 10.6. The van der Waals surface area contributed by atoms with Gasteiger partial charge in [0.05, 0.1) is 25.8 Å². The zero-order chi connectivity index (χ0) is 20.5. The molecule has 4 rings (SSSR count). The summed E-state index contributed by atoms with van der Waals surface area (Å²) in [5, 5.41) is 3.58. The van der Waals surface area contributed by atoms with Crippen LogP contribution in [-0.2, 0) is 22.4 Å². The van der Waals surface area contributed by atoms with Crippen LogP contribution in [0.2, 0.25) is 0 Å². The van der Waals surface area contributed by atoms with Gasteiger partial charge in [-0.1, -0.05) is 6.92 Å². The van der Waals surface area contributed by atoms with Gasteiger partial charge in [-0.15, -0.1) is 11.3 Å². The maximum absolute atomic E-state index is 12.8. The summed E-state index contributed by atoms with van der Waals surface area (Å²) in [6, 6.07) is 5.32. The Labute approximate surface area is 174 Å². The predicted molar refractivity (Wildman–Crippen MR) is 112 cm³/mol. The number of hydrogen-bond donors (Lipinski definition) is 1. The molecule has 1 N–H and O–H groups in total. The number of hydrogen-bond acceptors (Lipinski definition) is 6. The van der Waals surface area contributed by atoms with Crippen molar-refractivity contribution >= 4 is 34.0 Å². The Hall–Kier alpha value is -2.61. The van der Waals surface area contributed by atoms with E-state index in [9.17, 15) is 9.59 Å². The summed E-state index contributed by atoms with van der Waals surface area (Å²) in [6.45, 7) is 2.58. The summed E-state index contributed by atoms with van der Waals surface area (Å²) in [7, 11) is 3.12. The normalized spacial score (nSPS) is 21.1. The molecular formula is C21H25N3O4S. The first-order valence-electron chi connectivity index (χ1n) is 9.80. The Morgan fingerprint density at radius 2 is 2.03 bits per heavy atom. The van der Waals surface area contributed by atoms with Gasteiger partial charge in [-0.25, -0.2) is 4.98 Å². The van der Waals surface area contributed by atoms with Crippen LogP contribution in [0, 0.1) is 11.8 Å². The minimum Gasteiger partial charge on any atom is -0.493 e. The second-order valence-corrected chi connectivity index (χ2v) is 8.75. The van der Waals surface area contributed by atoms with E-state index in [0.717, 1.165) is 25.0 Å². The van der Waals surface area contributed by atoms with Crippen LogP contribution < -0.4 is 19.7 Å². The van der Waals surface area contributed by atoms with Crippen molar-refractivity contribution in [3.63, 3.8) is 0 Å². The zero-order valence-electron chi connectivity index (χ0n) is 16.9. The number of aryl methyl sites for hydroxylation is 1.